The molecule has 0 spiro atoms. The van der Waals surface area contributed by atoms with Crippen LogP contribution in [0.3, 0.4) is 0 Å². The standard InChI is InChI=1S/C21H18O3/c1-3-11-21(2)13-16-18(24-21)10-9-15-17(22)12-19(23-20(15)16)14-7-5-4-6-8-14/h3-12H,13H2,1-2H3/b11-3+/t21-/m0/s1. The van der Waals surface area contributed by atoms with Crippen molar-refractivity contribution >= 4 is 11.0 Å². The molecule has 0 aliphatic carbocycles. The van der Waals surface area contributed by atoms with Gasteiger partial charge in [-0.15, -0.1) is 0 Å². The first-order chi connectivity index (χ1) is 11.6. The molecule has 3 nitrogen and oxygen atoms in total. The summed E-state index contributed by atoms with van der Waals surface area (Å²) < 4.78 is 12.2. The first-order valence-electron chi connectivity index (χ1n) is 8.08. The van der Waals surface area contributed by atoms with Crippen LogP contribution >= 0.6 is 0 Å². The van der Waals surface area contributed by atoms with Gasteiger partial charge in [-0.3, -0.25) is 4.79 Å². The molecular formula is C21H18O3. The first-order valence-corrected chi connectivity index (χ1v) is 8.08. The van der Waals surface area contributed by atoms with E-state index in [1.807, 2.05) is 62.4 Å². The maximum Gasteiger partial charge on any atom is 0.193 e. The third kappa shape index (κ3) is 2.33. The van der Waals surface area contributed by atoms with Gasteiger partial charge in [0.25, 0.3) is 0 Å². The van der Waals surface area contributed by atoms with Crippen molar-refractivity contribution in [1.29, 1.82) is 0 Å². The Hall–Kier alpha value is -2.81. The smallest absolute Gasteiger partial charge is 0.193 e. The van der Waals surface area contributed by atoms with Crippen molar-refractivity contribution in [3.8, 4) is 17.1 Å². The van der Waals surface area contributed by atoms with Gasteiger partial charge in [-0.25, -0.2) is 0 Å². The first kappa shape index (κ1) is 14.8. The predicted octanol–water partition coefficient (Wildman–Crippen LogP) is 4.73. The Morgan fingerprint density at radius 2 is 1.92 bits per heavy atom. The number of ether oxygens (including phenoxy) is 1. The largest absolute Gasteiger partial charge is 0.483 e. The summed E-state index contributed by atoms with van der Waals surface area (Å²) >= 11 is 0. The fourth-order valence-corrected chi connectivity index (χ4v) is 3.35. The van der Waals surface area contributed by atoms with Crippen LogP contribution in [0.1, 0.15) is 19.4 Å². The van der Waals surface area contributed by atoms with E-state index in [0.29, 0.717) is 23.2 Å². The molecule has 4 rings (SSSR count). The second kappa shape index (κ2) is 5.38. The Bertz CT molecular complexity index is 999. The van der Waals surface area contributed by atoms with E-state index in [2.05, 4.69) is 0 Å². The maximum atomic E-state index is 12.5. The second-order valence-electron chi connectivity index (χ2n) is 6.35. The van der Waals surface area contributed by atoms with Gasteiger partial charge in [-0.1, -0.05) is 36.4 Å². The van der Waals surface area contributed by atoms with Crippen molar-refractivity contribution in [1.82, 2.24) is 0 Å². The van der Waals surface area contributed by atoms with Crippen molar-refractivity contribution < 1.29 is 9.15 Å². The highest BCUT2D eigenvalue weighted by Crippen LogP contribution is 2.40. The van der Waals surface area contributed by atoms with Gasteiger partial charge in [0.1, 0.15) is 22.7 Å². The quantitative estimate of drug-likeness (QED) is 0.641. The van der Waals surface area contributed by atoms with Gasteiger partial charge in [0, 0.05) is 23.6 Å². The van der Waals surface area contributed by atoms with Crippen LogP contribution in [0.4, 0.5) is 0 Å². The molecule has 0 amide bonds. The Kier molecular flexibility index (Phi) is 3.31. The Morgan fingerprint density at radius 1 is 1.12 bits per heavy atom. The van der Waals surface area contributed by atoms with E-state index in [1.165, 1.54) is 0 Å². The Morgan fingerprint density at radius 3 is 2.67 bits per heavy atom. The van der Waals surface area contributed by atoms with Gasteiger partial charge in [-0.2, -0.15) is 0 Å². The average molecular weight is 318 g/mol. The van der Waals surface area contributed by atoms with Crippen LogP contribution in [0.25, 0.3) is 22.3 Å². The van der Waals surface area contributed by atoms with Crippen LogP contribution < -0.4 is 10.2 Å². The van der Waals surface area contributed by atoms with E-state index in [0.717, 1.165) is 16.9 Å². The van der Waals surface area contributed by atoms with Gasteiger partial charge < -0.3 is 9.15 Å². The summed E-state index contributed by atoms with van der Waals surface area (Å²) in [7, 11) is 0. The molecule has 1 aliphatic heterocycles. The van der Waals surface area contributed by atoms with Gasteiger partial charge in [0.15, 0.2) is 5.43 Å². The van der Waals surface area contributed by atoms with Crippen molar-refractivity contribution in [3.63, 3.8) is 0 Å². The third-order valence-electron chi connectivity index (χ3n) is 4.41. The molecule has 0 N–H and O–H groups in total. The van der Waals surface area contributed by atoms with Gasteiger partial charge >= 0.3 is 0 Å². The molecule has 1 aromatic heterocycles. The lowest BCUT2D eigenvalue weighted by atomic mass is 9.97. The van der Waals surface area contributed by atoms with Crippen LogP contribution in [0, 0.1) is 0 Å². The topological polar surface area (TPSA) is 39.4 Å². The van der Waals surface area contributed by atoms with Crippen LogP contribution in [0.15, 0.2) is 69.9 Å². The number of rotatable bonds is 2. The monoisotopic (exact) mass is 318 g/mol. The van der Waals surface area contributed by atoms with Crippen LogP contribution in [-0.4, -0.2) is 5.60 Å². The van der Waals surface area contributed by atoms with Crippen LogP contribution in [0.2, 0.25) is 0 Å². The van der Waals surface area contributed by atoms with Gasteiger partial charge in [0.05, 0.1) is 5.39 Å². The SMILES string of the molecule is C/C=C/[C@@]1(C)Cc2c(ccc3c(=O)cc(-c4ccccc4)oc23)O1. The van der Waals surface area contributed by atoms with Crippen molar-refractivity contribution in [2.45, 2.75) is 25.9 Å². The zero-order valence-corrected chi connectivity index (χ0v) is 13.7. The molecule has 1 aliphatic rings. The van der Waals surface area contributed by atoms with E-state index in [1.54, 1.807) is 12.1 Å². The van der Waals surface area contributed by atoms with Gasteiger partial charge in [-0.05, 0) is 32.1 Å². The van der Waals surface area contributed by atoms with Crippen LogP contribution in [-0.2, 0) is 6.42 Å². The number of hydrogen-bond donors (Lipinski definition) is 0. The summed E-state index contributed by atoms with van der Waals surface area (Å²) in [6.07, 6.45) is 4.71. The minimum atomic E-state index is -0.396. The number of benzene rings is 2. The van der Waals surface area contributed by atoms with E-state index >= 15 is 0 Å². The molecular weight excluding hydrogens is 300 g/mol. The number of allylic oxidation sites excluding steroid dienone is 1. The summed E-state index contributed by atoms with van der Waals surface area (Å²) in [6, 6.07) is 14.9. The van der Waals surface area contributed by atoms with Crippen molar-refractivity contribution in [2.24, 2.45) is 0 Å². The molecule has 0 bridgehead atoms. The van der Waals surface area contributed by atoms with Crippen molar-refractivity contribution in [3.05, 3.63) is 76.5 Å². The molecule has 0 radical (unpaired) electrons. The highest BCUT2D eigenvalue weighted by molar-refractivity contribution is 5.84. The molecule has 1 atom stereocenters. The number of hydrogen-bond acceptors (Lipinski definition) is 3. The summed E-state index contributed by atoms with van der Waals surface area (Å²) in [5, 5.41) is 0.599. The molecule has 120 valence electrons. The second-order valence-corrected chi connectivity index (χ2v) is 6.35. The zero-order chi connectivity index (χ0) is 16.7. The molecule has 3 heteroatoms. The highest BCUT2D eigenvalue weighted by Gasteiger charge is 2.34. The molecule has 2 aromatic carbocycles. The molecule has 0 fully saturated rings. The molecule has 24 heavy (non-hydrogen) atoms. The number of fused-ring (bicyclic) bond motifs is 3. The zero-order valence-electron chi connectivity index (χ0n) is 13.7. The molecule has 2 heterocycles. The summed E-state index contributed by atoms with van der Waals surface area (Å²) in [5.74, 6) is 1.37. The molecule has 0 saturated carbocycles. The van der Waals surface area contributed by atoms with Gasteiger partial charge in [0.2, 0.25) is 0 Å². The summed E-state index contributed by atoms with van der Waals surface area (Å²) in [4.78, 5) is 12.5. The summed E-state index contributed by atoms with van der Waals surface area (Å²) in [5.41, 5.74) is 2.06. The third-order valence-corrected chi connectivity index (χ3v) is 4.41. The van der Waals surface area contributed by atoms with E-state index in [-0.39, 0.29) is 5.43 Å². The highest BCUT2D eigenvalue weighted by atomic mass is 16.5. The lowest BCUT2D eigenvalue weighted by Gasteiger charge is -2.18. The normalized spacial score (nSPS) is 19.6. The van der Waals surface area contributed by atoms with E-state index in [9.17, 15) is 4.79 Å². The lowest BCUT2D eigenvalue weighted by molar-refractivity contribution is 0.171. The maximum absolute atomic E-state index is 12.5. The predicted molar refractivity (Wildman–Crippen MR) is 95.5 cm³/mol. The van der Waals surface area contributed by atoms with E-state index < -0.39 is 5.60 Å². The minimum Gasteiger partial charge on any atom is -0.483 e. The van der Waals surface area contributed by atoms with E-state index in [4.69, 9.17) is 9.15 Å². The fourth-order valence-electron chi connectivity index (χ4n) is 3.35. The lowest BCUT2D eigenvalue weighted by Crippen LogP contribution is -2.26. The fraction of sp³-hybridized carbons (Fsp3) is 0.190. The molecule has 0 saturated heterocycles. The molecule has 0 unspecified atom stereocenters. The Labute approximate surface area is 140 Å². The van der Waals surface area contributed by atoms with Crippen LogP contribution in [0.5, 0.6) is 5.75 Å². The molecule has 3 aromatic rings. The van der Waals surface area contributed by atoms with Crippen molar-refractivity contribution in [2.75, 3.05) is 0 Å². The Balaban J connectivity index is 1.94. The minimum absolute atomic E-state index is 0.0301. The summed E-state index contributed by atoms with van der Waals surface area (Å²) in [6.45, 7) is 4.02. The average Bonchev–Trinajstić information content (AvgIpc) is 2.92.